The number of nitrogens with one attached hydrogen (secondary N) is 1. The van der Waals surface area contributed by atoms with E-state index >= 15 is 0 Å². The molecule has 0 aliphatic heterocycles. The molecule has 4 heteroatoms. The standard InChI is InChI=1S/C9H22N2O2/c1-9(2,7-10)8(13)11-5-3-4-6-12/h8,11-13H,3-7,10H2,1-2H3. The van der Waals surface area contributed by atoms with Crippen LogP contribution in [0.5, 0.6) is 0 Å². The summed E-state index contributed by atoms with van der Waals surface area (Å²) in [6.45, 7) is 5.19. The first-order valence-electron chi connectivity index (χ1n) is 4.77. The Labute approximate surface area is 80.1 Å². The molecule has 4 nitrogen and oxygen atoms in total. The molecule has 0 saturated heterocycles. The molecule has 1 unspecified atom stereocenters. The van der Waals surface area contributed by atoms with Crippen molar-refractivity contribution in [2.75, 3.05) is 19.7 Å². The smallest absolute Gasteiger partial charge is 0.111 e. The van der Waals surface area contributed by atoms with E-state index in [9.17, 15) is 5.11 Å². The van der Waals surface area contributed by atoms with Crippen LogP contribution in [0.2, 0.25) is 0 Å². The van der Waals surface area contributed by atoms with Crippen molar-refractivity contribution in [1.82, 2.24) is 5.32 Å². The SMILES string of the molecule is CC(C)(CN)C(O)NCCCCO. The zero-order valence-corrected chi connectivity index (χ0v) is 8.58. The van der Waals surface area contributed by atoms with Crippen LogP contribution in [0.15, 0.2) is 0 Å². The van der Waals surface area contributed by atoms with Gasteiger partial charge in [-0.1, -0.05) is 13.8 Å². The van der Waals surface area contributed by atoms with Gasteiger partial charge in [-0.15, -0.1) is 0 Å². The van der Waals surface area contributed by atoms with Gasteiger partial charge in [-0.05, 0) is 19.4 Å². The summed E-state index contributed by atoms with van der Waals surface area (Å²) in [7, 11) is 0. The van der Waals surface area contributed by atoms with Crippen molar-refractivity contribution in [1.29, 1.82) is 0 Å². The lowest BCUT2D eigenvalue weighted by Crippen LogP contribution is -2.46. The second kappa shape index (κ2) is 6.32. The Balaban J connectivity index is 3.55. The molecule has 1 atom stereocenters. The van der Waals surface area contributed by atoms with Gasteiger partial charge in [-0.2, -0.15) is 0 Å². The van der Waals surface area contributed by atoms with E-state index in [-0.39, 0.29) is 12.0 Å². The summed E-state index contributed by atoms with van der Waals surface area (Å²) in [5.41, 5.74) is 5.21. The molecule has 0 aromatic carbocycles. The molecule has 0 spiro atoms. The van der Waals surface area contributed by atoms with Gasteiger partial charge in [0.15, 0.2) is 0 Å². The third kappa shape index (κ3) is 5.21. The highest BCUT2D eigenvalue weighted by molar-refractivity contribution is 4.76. The van der Waals surface area contributed by atoms with Crippen LogP contribution in [0.1, 0.15) is 26.7 Å². The Morgan fingerprint density at radius 1 is 1.38 bits per heavy atom. The molecular weight excluding hydrogens is 168 g/mol. The summed E-state index contributed by atoms with van der Waals surface area (Å²) < 4.78 is 0. The topological polar surface area (TPSA) is 78.5 Å². The Morgan fingerprint density at radius 3 is 2.46 bits per heavy atom. The Kier molecular flexibility index (Phi) is 6.24. The van der Waals surface area contributed by atoms with Crippen molar-refractivity contribution >= 4 is 0 Å². The van der Waals surface area contributed by atoms with E-state index in [0.29, 0.717) is 13.1 Å². The van der Waals surface area contributed by atoms with Crippen molar-refractivity contribution in [3.63, 3.8) is 0 Å². The highest BCUT2D eigenvalue weighted by atomic mass is 16.3. The highest BCUT2D eigenvalue weighted by Crippen LogP contribution is 2.16. The molecule has 0 heterocycles. The summed E-state index contributed by atoms with van der Waals surface area (Å²) in [6.07, 6.45) is 1.06. The van der Waals surface area contributed by atoms with Crippen LogP contribution in [0.25, 0.3) is 0 Å². The summed E-state index contributed by atoms with van der Waals surface area (Å²) >= 11 is 0. The van der Waals surface area contributed by atoms with Crippen molar-refractivity contribution < 1.29 is 10.2 Å². The predicted octanol–water partition coefficient (Wildman–Crippen LogP) is -0.348. The van der Waals surface area contributed by atoms with Crippen molar-refractivity contribution in [2.24, 2.45) is 11.1 Å². The van der Waals surface area contributed by atoms with Crippen molar-refractivity contribution in [3.05, 3.63) is 0 Å². The van der Waals surface area contributed by atoms with Crippen molar-refractivity contribution in [2.45, 2.75) is 32.9 Å². The van der Waals surface area contributed by atoms with Gasteiger partial charge in [-0.3, -0.25) is 5.32 Å². The van der Waals surface area contributed by atoms with Crippen LogP contribution in [-0.2, 0) is 0 Å². The lowest BCUT2D eigenvalue weighted by atomic mass is 9.91. The molecule has 0 amide bonds. The minimum absolute atomic E-state index is 0.206. The third-order valence-corrected chi connectivity index (χ3v) is 2.19. The van der Waals surface area contributed by atoms with Crippen LogP contribution in [0.4, 0.5) is 0 Å². The van der Waals surface area contributed by atoms with E-state index in [1.807, 2.05) is 13.8 Å². The molecule has 0 saturated carbocycles. The van der Waals surface area contributed by atoms with Gasteiger partial charge in [0.1, 0.15) is 6.23 Å². The molecule has 0 aromatic heterocycles. The average Bonchev–Trinajstić information content (AvgIpc) is 2.12. The molecule has 0 aliphatic carbocycles. The Bertz CT molecular complexity index is 129. The fraction of sp³-hybridized carbons (Fsp3) is 1.00. The Hall–Kier alpha value is -0.160. The van der Waals surface area contributed by atoms with E-state index in [2.05, 4.69) is 5.32 Å². The monoisotopic (exact) mass is 190 g/mol. The molecule has 0 radical (unpaired) electrons. The largest absolute Gasteiger partial charge is 0.396 e. The van der Waals surface area contributed by atoms with Gasteiger partial charge in [0.2, 0.25) is 0 Å². The lowest BCUT2D eigenvalue weighted by molar-refractivity contribution is 0.0269. The maximum Gasteiger partial charge on any atom is 0.111 e. The van der Waals surface area contributed by atoms with E-state index in [0.717, 1.165) is 12.8 Å². The van der Waals surface area contributed by atoms with E-state index < -0.39 is 6.23 Å². The van der Waals surface area contributed by atoms with Crippen LogP contribution < -0.4 is 11.1 Å². The second-order valence-corrected chi connectivity index (χ2v) is 3.98. The summed E-state index contributed by atoms with van der Waals surface area (Å²) in [5.74, 6) is 0. The molecule has 0 aromatic rings. The number of aliphatic hydroxyl groups is 2. The summed E-state index contributed by atoms with van der Waals surface area (Å²) in [6, 6.07) is 0. The second-order valence-electron chi connectivity index (χ2n) is 3.98. The number of rotatable bonds is 7. The highest BCUT2D eigenvalue weighted by Gasteiger charge is 2.25. The number of hydrogen-bond donors (Lipinski definition) is 4. The van der Waals surface area contributed by atoms with Crippen LogP contribution in [0.3, 0.4) is 0 Å². The fourth-order valence-electron chi connectivity index (χ4n) is 0.864. The predicted molar refractivity (Wildman–Crippen MR) is 53.2 cm³/mol. The normalized spacial score (nSPS) is 14.5. The first-order valence-corrected chi connectivity index (χ1v) is 4.77. The number of nitrogens with two attached hydrogens (primary N) is 1. The molecule has 0 rings (SSSR count). The van der Waals surface area contributed by atoms with Crippen LogP contribution in [0, 0.1) is 5.41 Å². The van der Waals surface area contributed by atoms with Crippen LogP contribution >= 0.6 is 0 Å². The van der Waals surface area contributed by atoms with Gasteiger partial charge >= 0.3 is 0 Å². The van der Waals surface area contributed by atoms with Gasteiger partial charge in [-0.25, -0.2) is 0 Å². The first kappa shape index (κ1) is 12.8. The molecule has 0 aliphatic rings. The molecular formula is C9H22N2O2. The third-order valence-electron chi connectivity index (χ3n) is 2.19. The molecule has 0 fully saturated rings. The maximum absolute atomic E-state index is 9.62. The summed E-state index contributed by atoms with van der Waals surface area (Å²) in [5, 5.41) is 21.1. The lowest BCUT2D eigenvalue weighted by Gasteiger charge is -2.29. The molecule has 5 N–H and O–H groups in total. The first-order chi connectivity index (χ1) is 6.04. The van der Waals surface area contributed by atoms with Gasteiger partial charge in [0, 0.05) is 18.6 Å². The van der Waals surface area contributed by atoms with E-state index in [4.69, 9.17) is 10.8 Å². The average molecular weight is 190 g/mol. The molecule has 13 heavy (non-hydrogen) atoms. The zero-order valence-electron chi connectivity index (χ0n) is 8.58. The van der Waals surface area contributed by atoms with Gasteiger partial charge in [0.25, 0.3) is 0 Å². The maximum atomic E-state index is 9.62. The van der Waals surface area contributed by atoms with Gasteiger partial charge < -0.3 is 15.9 Å². The molecule has 80 valence electrons. The number of aliphatic hydroxyl groups excluding tert-OH is 2. The van der Waals surface area contributed by atoms with E-state index in [1.165, 1.54) is 0 Å². The summed E-state index contributed by atoms with van der Waals surface area (Å²) in [4.78, 5) is 0. The quantitative estimate of drug-likeness (QED) is 0.327. The minimum atomic E-state index is -0.573. The number of unbranched alkanes of at least 4 members (excludes halogenated alkanes) is 1. The van der Waals surface area contributed by atoms with Crippen LogP contribution in [-0.4, -0.2) is 36.1 Å². The van der Waals surface area contributed by atoms with Crippen molar-refractivity contribution in [3.8, 4) is 0 Å². The molecule has 0 bridgehead atoms. The minimum Gasteiger partial charge on any atom is -0.396 e. The van der Waals surface area contributed by atoms with E-state index in [1.54, 1.807) is 0 Å². The fourth-order valence-corrected chi connectivity index (χ4v) is 0.864. The van der Waals surface area contributed by atoms with Gasteiger partial charge in [0.05, 0.1) is 0 Å². The zero-order chi connectivity index (χ0) is 10.3. The Morgan fingerprint density at radius 2 is 2.00 bits per heavy atom. The number of hydrogen-bond acceptors (Lipinski definition) is 4.